The summed E-state index contributed by atoms with van der Waals surface area (Å²) in [5.41, 5.74) is 2.50. The lowest BCUT2D eigenvalue weighted by molar-refractivity contribution is 0.0588. The van der Waals surface area contributed by atoms with Gasteiger partial charge in [-0.3, -0.25) is 9.36 Å². The van der Waals surface area contributed by atoms with E-state index in [1.807, 2.05) is 60.7 Å². The zero-order chi connectivity index (χ0) is 21.1. The third-order valence-corrected chi connectivity index (χ3v) is 5.03. The molecule has 0 amide bonds. The number of esters is 1. The van der Waals surface area contributed by atoms with E-state index in [4.69, 9.17) is 4.74 Å². The average Bonchev–Trinajstić information content (AvgIpc) is 2.81. The molecular weight excluding hydrogens is 376 g/mol. The number of hydrogen-bond acceptors (Lipinski definition) is 4. The Morgan fingerprint density at radius 2 is 1.63 bits per heavy atom. The van der Waals surface area contributed by atoms with E-state index in [9.17, 15) is 14.9 Å². The lowest BCUT2D eigenvalue weighted by atomic mass is 9.95. The van der Waals surface area contributed by atoms with Crippen LogP contribution in [0.25, 0.3) is 21.9 Å². The second kappa shape index (κ2) is 8.06. The number of benzene rings is 3. The third-order valence-electron chi connectivity index (χ3n) is 5.03. The fraction of sp³-hybridized carbons (Fsp3) is 0.0800. The highest BCUT2D eigenvalue weighted by Crippen LogP contribution is 2.32. The van der Waals surface area contributed by atoms with Crippen LogP contribution in [0.15, 0.2) is 83.7 Å². The van der Waals surface area contributed by atoms with Crippen LogP contribution in [0.5, 0.6) is 0 Å². The number of hydrogen-bond donors (Lipinski definition) is 0. The number of fused-ring (bicyclic) bond motifs is 1. The Balaban J connectivity index is 2.16. The summed E-state index contributed by atoms with van der Waals surface area (Å²) in [4.78, 5) is 26.4. The van der Waals surface area contributed by atoms with E-state index in [2.05, 4.69) is 6.07 Å². The third kappa shape index (κ3) is 3.36. The van der Waals surface area contributed by atoms with Crippen LogP contribution in [0.3, 0.4) is 0 Å². The largest absolute Gasteiger partial charge is 0.464 e. The van der Waals surface area contributed by atoms with Gasteiger partial charge in [0.1, 0.15) is 5.69 Å². The van der Waals surface area contributed by atoms with E-state index >= 15 is 0 Å². The minimum atomic E-state index is -0.605. The SMILES string of the molecule is COC(=O)c1c(-c2ccccc2)c2cc(C#N)ccc2c(=O)n1Cc1ccccc1. The molecule has 4 aromatic rings. The van der Waals surface area contributed by atoms with Crippen molar-refractivity contribution >= 4 is 16.7 Å². The van der Waals surface area contributed by atoms with Crippen LogP contribution in [-0.2, 0) is 11.3 Å². The summed E-state index contributed by atoms with van der Waals surface area (Å²) in [5.74, 6) is -0.605. The van der Waals surface area contributed by atoms with Gasteiger partial charge < -0.3 is 4.74 Å². The molecule has 0 radical (unpaired) electrons. The molecule has 1 heterocycles. The number of aromatic nitrogens is 1. The second-order valence-corrected chi connectivity index (χ2v) is 6.83. The normalized spacial score (nSPS) is 10.5. The van der Waals surface area contributed by atoms with Gasteiger partial charge in [-0.1, -0.05) is 60.7 Å². The fourth-order valence-corrected chi connectivity index (χ4v) is 3.64. The Morgan fingerprint density at radius 3 is 2.27 bits per heavy atom. The van der Waals surface area contributed by atoms with Gasteiger partial charge in [-0.15, -0.1) is 0 Å². The summed E-state index contributed by atoms with van der Waals surface area (Å²) < 4.78 is 6.53. The van der Waals surface area contributed by atoms with Crippen molar-refractivity contribution in [2.24, 2.45) is 0 Å². The molecule has 0 bridgehead atoms. The van der Waals surface area contributed by atoms with Crippen molar-refractivity contribution in [1.82, 2.24) is 4.57 Å². The average molecular weight is 394 g/mol. The van der Waals surface area contributed by atoms with E-state index in [-0.39, 0.29) is 17.8 Å². The van der Waals surface area contributed by atoms with Crippen molar-refractivity contribution in [3.63, 3.8) is 0 Å². The van der Waals surface area contributed by atoms with Crippen LogP contribution in [0.1, 0.15) is 21.6 Å². The standard InChI is InChI=1S/C25H18N2O3/c1-30-25(29)23-22(19-10-6-3-7-11-19)21-14-18(15-26)12-13-20(21)24(28)27(23)16-17-8-4-2-5-9-17/h2-14H,16H2,1H3. The molecule has 0 aliphatic rings. The molecule has 5 heteroatoms. The molecule has 0 fully saturated rings. The van der Waals surface area contributed by atoms with Crippen molar-refractivity contribution < 1.29 is 9.53 Å². The van der Waals surface area contributed by atoms with Gasteiger partial charge in [0.2, 0.25) is 0 Å². The van der Waals surface area contributed by atoms with Gasteiger partial charge in [-0.25, -0.2) is 4.79 Å². The number of nitriles is 1. The number of rotatable bonds is 4. The van der Waals surface area contributed by atoms with Crippen LogP contribution in [-0.4, -0.2) is 17.6 Å². The zero-order valence-corrected chi connectivity index (χ0v) is 16.3. The van der Waals surface area contributed by atoms with E-state index in [1.165, 1.54) is 11.7 Å². The Hall–Kier alpha value is -4.17. The Bertz CT molecular complexity index is 1330. The van der Waals surface area contributed by atoms with Crippen molar-refractivity contribution in [2.45, 2.75) is 6.54 Å². The predicted octanol–water partition coefficient (Wildman–Crippen LogP) is 4.38. The van der Waals surface area contributed by atoms with Crippen molar-refractivity contribution in [2.75, 3.05) is 7.11 Å². The van der Waals surface area contributed by atoms with E-state index in [0.29, 0.717) is 21.9 Å². The van der Waals surface area contributed by atoms with Gasteiger partial charge in [0.25, 0.3) is 5.56 Å². The first-order valence-electron chi connectivity index (χ1n) is 9.42. The summed E-state index contributed by atoms with van der Waals surface area (Å²) in [7, 11) is 1.30. The van der Waals surface area contributed by atoms with Gasteiger partial charge in [-0.05, 0) is 34.7 Å². The van der Waals surface area contributed by atoms with E-state index < -0.39 is 5.97 Å². The molecule has 1 aromatic heterocycles. The molecule has 0 aliphatic carbocycles. The predicted molar refractivity (Wildman–Crippen MR) is 115 cm³/mol. The Labute approximate surface area is 173 Å². The highest BCUT2D eigenvalue weighted by molar-refractivity contribution is 6.07. The smallest absolute Gasteiger partial charge is 0.355 e. The lowest BCUT2D eigenvalue weighted by Gasteiger charge is -2.19. The van der Waals surface area contributed by atoms with Crippen LogP contribution in [0, 0.1) is 11.3 Å². The van der Waals surface area contributed by atoms with Gasteiger partial charge in [0, 0.05) is 10.9 Å². The molecule has 5 nitrogen and oxygen atoms in total. The van der Waals surface area contributed by atoms with Crippen molar-refractivity contribution in [3.05, 3.63) is 106 Å². The first kappa shape index (κ1) is 19.2. The lowest BCUT2D eigenvalue weighted by Crippen LogP contribution is -2.28. The molecule has 30 heavy (non-hydrogen) atoms. The maximum absolute atomic E-state index is 13.4. The molecule has 3 aromatic carbocycles. The highest BCUT2D eigenvalue weighted by Gasteiger charge is 2.24. The van der Waals surface area contributed by atoms with Crippen molar-refractivity contribution in [3.8, 4) is 17.2 Å². The second-order valence-electron chi connectivity index (χ2n) is 6.83. The molecule has 0 N–H and O–H groups in total. The van der Waals surface area contributed by atoms with Gasteiger partial charge in [0.15, 0.2) is 0 Å². The van der Waals surface area contributed by atoms with Crippen LogP contribution < -0.4 is 5.56 Å². The molecule has 0 atom stereocenters. The summed E-state index contributed by atoms with van der Waals surface area (Å²) in [6, 6.07) is 25.8. The van der Waals surface area contributed by atoms with Crippen LogP contribution >= 0.6 is 0 Å². The minimum absolute atomic E-state index is 0.167. The first-order chi connectivity index (χ1) is 14.6. The summed E-state index contributed by atoms with van der Waals surface area (Å²) >= 11 is 0. The molecule has 0 saturated carbocycles. The molecule has 0 saturated heterocycles. The molecule has 146 valence electrons. The summed E-state index contributed by atoms with van der Waals surface area (Å²) in [6.07, 6.45) is 0. The molecule has 4 rings (SSSR count). The molecule has 0 aliphatic heterocycles. The quantitative estimate of drug-likeness (QED) is 0.482. The maximum Gasteiger partial charge on any atom is 0.355 e. The molecule has 0 spiro atoms. The van der Waals surface area contributed by atoms with Gasteiger partial charge in [-0.2, -0.15) is 5.26 Å². The Morgan fingerprint density at radius 1 is 0.967 bits per heavy atom. The minimum Gasteiger partial charge on any atom is -0.464 e. The molecule has 0 unspecified atom stereocenters. The number of carbonyl (C=O) groups excluding carboxylic acids is 1. The monoisotopic (exact) mass is 394 g/mol. The topological polar surface area (TPSA) is 72.1 Å². The van der Waals surface area contributed by atoms with Gasteiger partial charge >= 0.3 is 5.97 Å². The molecular formula is C25H18N2O3. The zero-order valence-electron chi connectivity index (χ0n) is 16.3. The van der Waals surface area contributed by atoms with Gasteiger partial charge in [0.05, 0.1) is 25.3 Å². The number of methoxy groups -OCH3 is 1. The Kier molecular flexibility index (Phi) is 5.15. The highest BCUT2D eigenvalue weighted by atomic mass is 16.5. The van der Waals surface area contributed by atoms with Crippen LogP contribution in [0.4, 0.5) is 0 Å². The number of ether oxygens (including phenoxy) is 1. The number of pyridine rings is 1. The van der Waals surface area contributed by atoms with Crippen molar-refractivity contribution in [1.29, 1.82) is 5.26 Å². The van der Waals surface area contributed by atoms with E-state index in [1.54, 1.807) is 18.2 Å². The summed E-state index contributed by atoms with van der Waals surface area (Å²) in [5, 5.41) is 10.4. The van der Waals surface area contributed by atoms with E-state index in [0.717, 1.165) is 11.1 Å². The summed E-state index contributed by atoms with van der Waals surface area (Å²) in [6.45, 7) is 0.222. The fourth-order valence-electron chi connectivity index (χ4n) is 3.64. The number of carbonyl (C=O) groups is 1. The maximum atomic E-state index is 13.4. The number of nitrogens with zero attached hydrogens (tertiary/aromatic N) is 2. The first-order valence-corrected chi connectivity index (χ1v) is 9.42. The van der Waals surface area contributed by atoms with Crippen LogP contribution in [0.2, 0.25) is 0 Å².